The van der Waals surface area contributed by atoms with Crippen LogP contribution < -0.4 is 10.6 Å². The van der Waals surface area contributed by atoms with Crippen molar-refractivity contribution >= 4 is 39.8 Å². The molecule has 0 bridgehead atoms. The first kappa shape index (κ1) is 17.6. The largest absolute Gasteiger partial charge is 0.360 e. The van der Waals surface area contributed by atoms with Gasteiger partial charge in [0.1, 0.15) is 11.6 Å². The molecule has 2 N–H and O–H groups in total. The van der Waals surface area contributed by atoms with Gasteiger partial charge < -0.3 is 10.6 Å². The van der Waals surface area contributed by atoms with E-state index in [-0.39, 0.29) is 17.3 Å². The molecule has 5 nitrogen and oxygen atoms in total. The summed E-state index contributed by atoms with van der Waals surface area (Å²) in [6, 6.07) is 2.87. The Kier molecular flexibility index (Phi) is 6.28. The molecule has 0 fully saturated rings. The minimum atomic E-state index is -0.738. The predicted molar refractivity (Wildman–Crippen MR) is 88.9 cm³/mol. The molecule has 1 amide bonds. The third-order valence-corrected chi connectivity index (χ3v) is 4.56. The smallest absolute Gasteiger partial charge is 0.234 e. The van der Waals surface area contributed by atoms with Crippen LogP contribution in [0.1, 0.15) is 13.8 Å². The van der Waals surface area contributed by atoms with Crippen LogP contribution in [0.2, 0.25) is 0 Å². The summed E-state index contributed by atoms with van der Waals surface area (Å²) in [5.74, 6) is -1.27. The number of nitrogens with one attached hydrogen (secondary N) is 2. The maximum absolute atomic E-state index is 13.0. The van der Waals surface area contributed by atoms with E-state index in [1.54, 1.807) is 0 Å². The number of anilines is 2. The van der Waals surface area contributed by atoms with E-state index in [0.29, 0.717) is 15.4 Å². The number of nitrogens with zero attached hydrogens (tertiary/aromatic N) is 2. The molecular formula is C14H16F2N4OS2. The maximum atomic E-state index is 13.0. The van der Waals surface area contributed by atoms with Crippen LogP contribution in [0.25, 0.3) is 0 Å². The highest BCUT2D eigenvalue weighted by Gasteiger charge is 2.10. The number of carbonyl (C=O) groups excluding carboxylic acids is 1. The van der Waals surface area contributed by atoms with Gasteiger partial charge in [-0.3, -0.25) is 4.79 Å². The van der Waals surface area contributed by atoms with Crippen LogP contribution >= 0.6 is 23.1 Å². The highest BCUT2D eigenvalue weighted by atomic mass is 32.2. The molecule has 0 saturated carbocycles. The minimum Gasteiger partial charge on any atom is -0.360 e. The lowest BCUT2D eigenvalue weighted by atomic mass is 10.2. The number of thioether (sulfide) groups is 1. The summed E-state index contributed by atoms with van der Waals surface area (Å²) in [6.07, 6.45) is 0. The van der Waals surface area contributed by atoms with Crippen molar-refractivity contribution in [1.29, 1.82) is 0 Å². The summed E-state index contributed by atoms with van der Waals surface area (Å²) in [5, 5.41) is 14.2. The van der Waals surface area contributed by atoms with Crippen LogP contribution in [-0.4, -0.2) is 28.4 Å². The van der Waals surface area contributed by atoms with Crippen LogP contribution in [-0.2, 0) is 4.79 Å². The zero-order valence-electron chi connectivity index (χ0n) is 12.6. The lowest BCUT2D eigenvalue weighted by Crippen LogP contribution is -2.14. The van der Waals surface area contributed by atoms with Crippen molar-refractivity contribution in [3.05, 3.63) is 29.8 Å². The van der Waals surface area contributed by atoms with Gasteiger partial charge in [0.05, 0.1) is 5.75 Å². The third kappa shape index (κ3) is 6.11. The Labute approximate surface area is 140 Å². The number of amides is 1. The zero-order chi connectivity index (χ0) is 16.8. The highest BCUT2D eigenvalue weighted by Crippen LogP contribution is 2.25. The van der Waals surface area contributed by atoms with Gasteiger partial charge in [0, 0.05) is 18.3 Å². The molecule has 1 aromatic carbocycles. The van der Waals surface area contributed by atoms with Crippen LogP contribution in [0, 0.1) is 17.6 Å². The summed E-state index contributed by atoms with van der Waals surface area (Å²) in [7, 11) is 0. The van der Waals surface area contributed by atoms with Crippen LogP contribution in [0.5, 0.6) is 0 Å². The summed E-state index contributed by atoms with van der Waals surface area (Å²) < 4.78 is 26.7. The van der Waals surface area contributed by atoms with Crippen molar-refractivity contribution in [2.24, 2.45) is 5.92 Å². The van der Waals surface area contributed by atoms with Gasteiger partial charge in [0.25, 0.3) is 0 Å². The normalized spacial score (nSPS) is 10.8. The Balaban J connectivity index is 1.82. The van der Waals surface area contributed by atoms with Crippen LogP contribution in [0.4, 0.5) is 19.6 Å². The fourth-order valence-corrected chi connectivity index (χ4v) is 3.14. The maximum Gasteiger partial charge on any atom is 0.234 e. The first-order chi connectivity index (χ1) is 10.9. The summed E-state index contributed by atoms with van der Waals surface area (Å²) in [6.45, 7) is 4.97. The van der Waals surface area contributed by atoms with Gasteiger partial charge in [-0.25, -0.2) is 8.78 Å². The van der Waals surface area contributed by atoms with E-state index in [1.807, 2.05) is 0 Å². The van der Waals surface area contributed by atoms with Crippen molar-refractivity contribution in [2.75, 3.05) is 22.9 Å². The SMILES string of the molecule is CC(C)CNc1nnc(SCC(=O)Nc2cc(F)cc(F)c2)s1. The molecule has 1 heterocycles. The fraction of sp³-hybridized carbons (Fsp3) is 0.357. The molecule has 0 radical (unpaired) electrons. The van der Waals surface area contributed by atoms with Gasteiger partial charge in [0.2, 0.25) is 11.0 Å². The van der Waals surface area contributed by atoms with Gasteiger partial charge in [-0.1, -0.05) is 36.9 Å². The van der Waals surface area contributed by atoms with E-state index in [0.717, 1.165) is 24.7 Å². The van der Waals surface area contributed by atoms with Crippen molar-refractivity contribution in [3.8, 4) is 0 Å². The van der Waals surface area contributed by atoms with Crippen molar-refractivity contribution < 1.29 is 13.6 Å². The van der Waals surface area contributed by atoms with Crippen molar-refractivity contribution in [1.82, 2.24) is 10.2 Å². The Morgan fingerprint density at radius 1 is 1.26 bits per heavy atom. The molecule has 0 aliphatic carbocycles. The average molecular weight is 358 g/mol. The molecule has 23 heavy (non-hydrogen) atoms. The number of rotatable bonds is 7. The number of halogens is 2. The molecule has 1 aromatic heterocycles. The topological polar surface area (TPSA) is 66.9 Å². The minimum absolute atomic E-state index is 0.0803. The molecule has 0 spiro atoms. The van der Waals surface area contributed by atoms with E-state index in [1.165, 1.54) is 23.1 Å². The average Bonchev–Trinajstić information content (AvgIpc) is 2.90. The summed E-state index contributed by atoms with van der Waals surface area (Å²) in [4.78, 5) is 11.8. The summed E-state index contributed by atoms with van der Waals surface area (Å²) in [5.41, 5.74) is 0.0876. The Morgan fingerprint density at radius 2 is 1.96 bits per heavy atom. The second kappa shape index (κ2) is 8.21. The Morgan fingerprint density at radius 3 is 2.61 bits per heavy atom. The van der Waals surface area contributed by atoms with Crippen LogP contribution in [0.15, 0.2) is 22.5 Å². The van der Waals surface area contributed by atoms with E-state index >= 15 is 0 Å². The monoisotopic (exact) mass is 358 g/mol. The second-order valence-electron chi connectivity index (χ2n) is 5.14. The summed E-state index contributed by atoms with van der Waals surface area (Å²) >= 11 is 2.57. The van der Waals surface area contributed by atoms with E-state index in [4.69, 9.17) is 0 Å². The lowest BCUT2D eigenvalue weighted by Gasteiger charge is -2.04. The molecule has 2 aromatic rings. The van der Waals surface area contributed by atoms with Gasteiger partial charge in [-0.2, -0.15) is 0 Å². The van der Waals surface area contributed by atoms with Crippen molar-refractivity contribution in [3.63, 3.8) is 0 Å². The number of aromatic nitrogens is 2. The fourth-order valence-electron chi connectivity index (χ4n) is 1.58. The molecule has 2 rings (SSSR count). The van der Waals surface area contributed by atoms with E-state index in [2.05, 4.69) is 34.7 Å². The Hall–Kier alpha value is -1.74. The predicted octanol–water partition coefficient (Wildman–Crippen LogP) is 3.62. The van der Waals surface area contributed by atoms with Crippen molar-refractivity contribution in [2.45, 2.75) is 18.2 Å². The number of hydrogen-bond acceptors (Lipinski definition) is 6. The van der Waals surface area contributed by atoms with Gasteiger partial charge in [0.15, 0.2) is 4.34 Å². The van der Waals surface area contributed by atoms with Gasteiger partial charge >= 0.3 is 0 Å². The molecule has 0 atom stereocenters. The third-order valence-electron chi connectivity index (χ3n) is 2.54. The molecule has 0 unspecified atom stereocenters. The van der Waals surface area contributed by atoms with E-state index < -0.39 is 11.6 Å². The standard InChI is InChI=1S/C14H16F2N4OS2/c1-8(2)6-17-13-19-20-14(23-13)22-7-12(21)18-11-4-9(15)3-10(16)5-11/h3-5,8H,6-7H2,1-2H3,(H,17,19)(H,18,21). The number of hydrogen-bond donors (Lipinski definition) is 2. The highest BCUT2D eigenvalue weighted by molar-refractivity contribution is 8.01. The molecule has 124 valence electrons. The molecule has 0 aliphatic heterocycles. The lowest BCUT2D eigenvalue weighted by molar-refractivity contribution is -0.113. The first-order valence-electron chi connectivity index (χ1n) is 6.88. The molecule has 0 saturated heterocycles. The molecule has 9 heteroatoms. The number of carbonyl (C=O) groups is 1. The van der Waals surface area contributed by atoms with Gasteiger partial charge in [-0.15, -0.1) is 10.2 Å². The molecular weight excluding hydrogens is 342 g/mol. The first-order valence-corrected chi connectivity index (χ1v) is 8.68. The quantitative estimate of drug-likeness (QED) is 0.740. The van der Waals surface area contributed by atoms with Gasteiger partial charge in [-0.05, 0) is 18.1 Å². The Bertz CT molecular complexity index is 658. The molecule has 0 aliphatic rings. The van der Waals surface area contributed by atoms with E-state index in [9.17, 15) is 13.6 Å². The number of benzene rings is 1. The second-order valence-corrected chi connectivity index (χ2v) is 7.34. The zero-order valence-corrected chi connectivity index (χ0v) is 14.2. The van der Waals surface area contributed by atoms with Crippen LogP contribution in [0.3, 0.4) is 0 Å².